The maximum Gasteiger partial charge on any atom is 0.310 e. The van der Waals surface area contributed by atoms with Crippen molar-refractivity contribution in [2.75, 3.05) is 13.3 Å². The monoisotopic (exact) mass is 292 g/mol. The van der Waals surface area contributed by atoms with Crippen LogP contribution in [0.1, 0.15) is 0 Å². The molecule has 0 bridgehead atoms. The number of rotatable bonds is 5. The summed E-state index contributed by atoms with van der Waals surface area (Å²) >= 11 is 0. The van der Waals surface area contributed by atoms with Gasteiger partial charge in [-0.1, -0.05) is 36.4 Å². The molecular formula is C14H16NO2P2+. The molecule has 0 atom stereocenters. The predicted molar refractivity (Wildman–Crippen MR) is 82.3 cm³/mol. The van der Waals surface area contributed by atoms with E-state index in [2.05, 4.69) is 4.52 Å². The predicted octanol–water partition coefficient (Wildman–Crippen LogP) is 5.30. The van der Waals surface area contributed by atoms with Crippen molar-refractivity contribution in [3.8, 4) is 11.5 Å². The van der Waals surface area contributed by atoms with E-state index < -0.39 is 7.64 Å². The van der Waals surface area contributed by atoms with Crippen molar-refractivity contribution in [1.82, 2.24) is 0 Å². The van der Waals surface area contributed by atoms with E-state index in [0.29, 0.717) is 8.60 Å². The number of hydrogen-bond acceptors (Lipinski definition) is 3. The molecular weight excluding hydrogens is 276 g/mol. The molecule has 3 nitrogen and oxygen atoms in total. The standard InChI is InChI=1S/C14H16NO2P2/c1-19(2,17-14-11-7-4-8-12-14)15-18-16-13-9-5-3-6-10-13/h3-12H,1-2H3/q+1. The number of nitrogens with zero attached hydrogens (tertiary/aromatic N) is 1. The average Bonchev–Trinajstić information content (AvgIpc) is 2.40. The first-order valence-electron chi connectivity index (χ1n) is 5.89. The lowest BCUT2D eigenvalue weighted by atomic mass is 10.3. The topological polar surface area (TPSA) is 30.8 Å². The van der Waals surface area contributed by atoms with Crippen LogP contribution in [0.15, 0.2) is 65.2 Å². The van der Waals surface area contributed by atoms with E-state index in [1.807, 2.05) is 74.0 Å². The van der Waals surface area contributed by atoms with Crippen LogP contribution in [-0.2, 0) is 0 Å². The molecule has 0 unspecified atom stereocenters. The minimum atomic E-state index is -1.81. The Balaban J connectivity index is 1.93. The molecule has 0 saturated carbocycles. The van der Waals surface area contributed by atoms with Crippen molar-refractivity contribution in [3.05, 3.63) is 60.7 Å². The largest absolute Gasteiger partial charge is 0.421 e. The van der Waals surface area contributed by atoms with Crippen LogP contribution in [0, 0.1) is 0 Å². The van der Waals surface area contributed by atoms with Crippen molar-refractivity contribution in [2.24, 2.45) is 4.52 Å². The van der Waals surface area contributed by atoms with Crippen LogP contribution in [0.5, 0.6) is 11.5 Å². The second-order valence-electron chi connectivity index (χ2n) is 4.27. The molecule has 19 heavy (non-hydrogen) atoms. The summed E-state index contributed by atoms with van der Waals surface area (Å²) in [5.74, 6) is 1.66. The van der Waals surface area contributed by atoms with Crippen LogP contribution in [-0.4, -0.2) is 13.3 Å². The summed E-state index contributed by atoms with van der Waals surface area (Å²) in [7, 11) is -1.24. The highest BCUT2D eigenvalue weighted by atomic mass is 31.2. The second kappa shape index (κ2) is 6.65. The van der Waals surface area contributed by atoms with Gasteiger partial charge in [0.2, 0.25) is 0 Å². The molecule has 0 N–H and O–H groups in total. The van der Waals surface area contributed by atoms with Gasteiger partial charge >= 0.3 is 7.64 Å². The van der Waals surface area contributed by atoms with Crippen LogP contribution in [0.4, 0.5) is 0 Å². The summed E-state index contributed by atoms with van der Waals surface area (Å²) in [5, 5.41) is 0. The third kappa shape index (κ3) is 4.98. The molecule has 0 aliphatic heterocycles. The minimum absolute atomic E-state index is 0.572. The van der Waals surface area contributed by atoms with Crippen LogP contribution >= 0.6 is 16.2 Å². The lowest BCUT2D eigenvalue weighted by molar-refractivity contribution is 0.602. The Hall–Kier alpha value is -1.43. The third-order valence-electron chi connectivity index (χ3n) is 2.21. The molecule has 2 aromatic rings. The van der Waals surface area contributed by atoms with Crippen LogP contribution in [0.2, 0.25) is 0 Å². The zero-order valence-corrected chi connectivity index (χ0v) is 12.7. The fourth-order valence-corrected chi connectivity index (χ4v) is 3.24. The highest BCUT2D eigenvalue weighted by Gasteiger charge is 2.28. The molecule has 0 radical (unpaired) electrons. The van der Waals surface area contributed by atoms with Gasteiger partial charge in [-0.15, -0.1) is 0 Å². The summed E-state index contributed by atoms with van der Waals surface area (Å²) in [5.41, 5.74) is 0. The summed E-state index contributed by atoms with van der Waals surface area (Å²) in [4.78, 5) is 0. The van der Waals surface area contributed by atoms with E-state index in [1.54, 1.807) is 0 Å². The van der Waals surface area contributed by atoms with Crippen molar-refractivity contribution < 1.29 is 9.05 Å². The van der Waals surface area contributed by atoms with E-state index in [-0.39, 0.29) is 0 Å². The lowest BCUT2D eigenvalue weighted by Gasteiger charge is -2.10. The van der Waals surface area contributed by atoms with Gasteiger partial charge in [0.1, 0.15) is 19.1 Å². The Bertz CT molecular complexity index is 530. The zero-order valence-electron chi connectivity index (χ0n) is 10.9. The average molecular weight is 292 g/mol. The number of hydrogen-bond donors (Lipinski definition) is 0. The van der Waals surface area contributed by atoms with Crippen molar-refractivity contribution in [3.63, 3.8) is 0 Å². The van der Waals surface area contributed by atoms with Crippen LogP contribution < -0.4 is 9.05 Å². The van der Waals surface area contributed by atoms with Gasteiger partial charge in [-0.25, -0.2) is 0 Å². The van der Waals surface area contributed by atoms with Crippen LogP contribution in [0.25, 0.3) is 0 Å². The molecule has 0 aromatic heterocycles. The third-order valence-corrected chi connectivity index (χ3v) is 5.18. The van der Waals surface area contributed by atoms with Crippen molar-refractivity contribution in [1.29, 1.82) is 0 Å². The molecule has 0 aliphatic carbocycles. The van der Waals surface area contributed by atoms with E-state index in [0.717, 1.165) is 11.5 Å². The first-order valence-corrected chi connectivity index (χ1v) is 9.21. The summed E-state index contributed by atoms with van der Waals surface area (Å²) in [6, 6.07) is 19.4. The van der Waals surface area contributed by atoms with Gasteiger partial charge in [0, 0.05) is 0 Å². The summed E-state index contributed by atoms with van der Waals surface area (Å²) < 4.78 is 15.9. The van der Waals surface area contributed by atoms with E-state index in [1.165, 1.54) is 0 Å². The number of benzene rings is 2. The second-order valence-corrected chi connectivity index (χ2v) is 8.11. The Labute approximate surface area is 116 Å². The maximum absolute atomic E-state index is 5.90. The van der Waals surface area contributed by atoms with Gasteiger partial charge in [-0.3, -0.25) is 0 Å². The molecule has 2 rings (SSSR count). The lowest BCUT2D eigenvalue weighted by Crippen LogP contribution is -1.93. The van der Waals surface area contributed by atoms with Crippen molar-refractivity contribution >= 4 is 16.2 Å². The summed E-state index contributed by atoms with van der Waals surface area (Å²) in [6.07, 6.45) is 0. The van der Waals surface area contributed by atoms with Gasteiger partial charge in [0.15, 0.2) is 5.75 Å². The molecule has 98 valence electrons. The Morgan fingerprint density at radius 1 is 0.842 bits per heavy atom. The Kier molecular flexibility index (Phi) is 4.90. The van der Waals surface area contributed by atoms with E-state index in [4.69, 9.17) is 9.05 Å². The molecule has 0 saturated heterocycles. The minimum Gasteiger partial charge on any atom is -0.421 e. The highest BCUT2D eigenvalue weighted by molar-refractivity contribution is 7.71. The number of para-hydroxylation sites is 2. The molecule has 0 spiro atoms. The first kappa shape index (κ1) is 14.0. The highest BCUT2D eigenvalue weighted by Crippen LogP contribution is 2.55. The van der Waals surface area contributed by atoms with Gasteiger partial charge < -0.3 is 9.05 Å². The quantitative estimate of drug-likeness (QED) is 0.700. The van der Waals surface area contributed by atoms with E-state index >= 15 is 0 Å². The van der Waals surface area contributed by atoms with Gasteiger partial charge in [-0.05, 0) is 28.8 Å². The summed E-state index contributed by atoms with van der Waals surface area (Å²) in [6.45, 7) is 4.03. The Morgan fingerprint density at radius 3 is 1.95 bits per heavy atom. The fraction of sp³-hybridized carbons (Fsp3) is 0.143. The maximum atomic E-state index is 5.90. The van der Waals surface area contributed by atoms with E-state index in [9.17, 15) is 0 Å². The van der Waals surface area contributed by atoms with Gasteiger partial charge in [0.25, 0.3) is 8.60 Å². The van der Waals surface area contributed by atoms with Gasteiger partial charge in [-0.2, -0.15) is 0 Å². The van der Waals surface area contributed by atoms with Crippen molar-refractivity contribution in [2.45, 2.75) is 0 Å². The molecule has 0 fully saturated rings. The van der Waals surface area contributed by atoms with Crippen LogP contribution in [0.3, 0.4) is 0 Å². The molecule has 0 aliphatic rings. The fourth-order valence-electron chi connectivity index (χ4n) is 1.39. The normalized spacial score (nSPS) is 11.5. The SMILES string of the molecule is C[P+](C)(N=POc1ccccc1)Oc1ccccc1. The molecule has 5 heteroatoms. The zero-order chi connectivity index (χ0) is 13.6. The molecule has 2 aromatic carbocycles. The Morgan fingerprint density at radius 2 is 1.37 bits per heavy atom. The smallest absolute Gasteiger partial charge is 0.310 e. The molecule has 0 amide bonds. The van der Waals surface area contributed by atoms with Gasteiger partial charge in [0.05, 0.1) is 0 Å². The first-order chi connectivity index (χ1) is 9.16. The molecule has 0 heterocycles.